The van der Waals surface area contributed by atoms with Gasteiger partial charge in [0.05, 0.1) is 32.4 Å². The Hall–Kier alpha value is -2.50. The van der Waals surface area contributed by atoms with Crippen LogP contribution in [0.2, 0.25) is 5.02 Å². The van der Waals surface area contributed by atoms with Gasteiger partial charge in [-0.15, -0.1) is 11.3 Å². The highest BCUT2D eigenvalue weighted by molar-refractivity contribution is 14.1. The minimum absolute atomic E-state index is 0.350. The Morgan fingerprint density at radius 1 is 1.09 bits per heavy atom. The Bertz CT molecular complexity index is 1340. The Morgan fingerprint density at radius 3 is 2.52 bits per heavy atom. The van der Waals surface area contributed by atoms with Crippen molar-refractivity contribution in [2.24, 2.45) is 0 Å². The number of ether oxygens (including phenoxy) is 4. The summed E-state index contributed by atoms with van der Waals surface area (Å²) in [5, 5.41) is 1.33. The number of carbonyl (C=O) groups is 1. The van der Waals surface area contributed by atoms with Gasteiger partial charge in [0.15, 0.2) is 16.4 Å². The molecule has 0 saturated carbocycles. The quantitative estimate of drug-likeness (QED) is 0.184. The molecular weight excluding hydrogens is 579 g/mol. The molecule has 2 heterocycles. The number of aromatic nitrogens is 2. The average Bonchev–Trinajstić information content (AvgIpc) is 3.42. The number of thiophene rings is 1. The smallest absolute Gasteiger partial charge is 0.351 e. The number of fused-ring (bicyclic) bond motifs is 1. The number of hydrogen-bond acceptors (Lipinski definition) is 7. The summed E-state index contributed by atoms with van der Waals surface area (Å²) in [5.74, 6) is 1.09. The maximum absolute atomic E-state index is 12.5. The van der Waals surface area contributed by atoms with E-state index in [2.05, 4.69) is 27.6 Å². The maximum Gasteiger partial charge on any atom is 0.351 e. The second-order valence-corrected chi connectivity index (χ2v) is 9.69. The van der Waals surface area contributed by atoms with E-state index in [1.807, 2.05) is 35.8 Å². The molecule has 33 heavy (non-hydrogen) atoms. The summed E-state index contributed by atoms with van der Waals surface area (Å²) in [4.78, 5) is 17.3. The molecular formula is C23H20ClIN2O5S. The summed E-state index contributed by atoms with van der Waals surface area (Å²) >= 11 is 9.86. The first kappa shape index (κ1) is 23.7. The molecule has 2 aromatic carbocycles. The predicted molar refractivity (Wildman–Crippen MR) is 137 cm³/mol. The third-order valence-corrected chi connectivity index (χ3v) is 7.16. The summed E-state index contributed by atoms with van der Waals surface area (Å²) in [7, 11) is 4.50. The van der Waals surface area contributed by atoms with E-state index in [4.69, 9.17) is 30.5 Å². The number of imidazole rings is 1. The van der Waals surface area contributed by atoms with Crippen molar-refractivity contribution >= 4 is 62.5 Å². The van der Waals surface area contributed by atoms with Crippen LogP contribution in [0.4, 0.5) is 0 Å². The van der Waals surface area contributed by atoms with Gasteiger partial charge in [-0.1, -0.05) is 11.6 Å². The lowest BCUT2D eigenvalue weighted by molar-refractivity contribution is 0.0600. The minimum atomic E-state index is -0.481. The van der Waals surface area contributed by atoms with E-state index < -0.39 is 5.97 Å². The van der Waals surface area contributed by atoms with Crippen LogP contribution in [0.15, 0.2) is 42.7 Å². The summed E-state index contributed by atoms with van der Waals surface area (Å²) in [6.07, 6.45) is 1.29. The van der Waals surface area contributed by atoms with Gasteiger partial charge in [-0.2, -0.15) is 0 Å². The topological polar surface area (TPSA) is 71.8 Å². The monoisotopic (exact) mass is 598 g/mol. The maximum atomic E-state index is 12.5. The van der Waals surface area contributed by atoms with Crippen molar-refractivity contribution in [2.75, 3.05) is 21.3 Å². The number of carbonyl (C=O) groups excluding carboxylic acids is 1. The van der Waals surface area contributed by atoms with Crippen LogP contribution in [0.1, 0.15) is 28.3 Å². The van der Waals surface area contributed by atoms with E-state index in [1.165, 1.54) is 18.4 Å². The van der Waals surface area contributed by atoms with Crippen LogP contribution in [0.5, 0.6) is 17.2 Å². The van der Waals surface area contributed by atoms with Gasteiger partial charge in [0.2, 0.25) is 0 Å². The van der Waals surface area contributed by atoms with Crippen LogP contribution in [-0.4, -0.2) is 36.8 Å². The Kier molecular flexibility index (Phi) is 7.01. The molecule has 0 bridgehead atoms. The second-order valence-electron chi connectivity index (χ2n) is 7.01. The molecule has 7 nitrogen and oxygen atoms in total. The largest absolute Gasteiger partial charge is 0.493 e. The molecule has 0 N–H and O–H groups in total. The van der Waals surface area contributed by atoms with Crippen LogP contribution in [0, 0.1) is 3.57 Å². The average molecular weight is 599 g/mol. The predicted octanol–water partition coefficient (Wildman–Crippen LogP) is 6.29. The molecule has 2 aromatic heterocycles. The van der Waals surface area contributed by atoms with Crippen molar-refractivity contribution in [1.29, 1.82) is 0 Å². The molecule has 4 aromatic rings. The van der Waals surface area contributed by atoms with Crippen molar-refractivity contribution in [3.63, 3.8) is 0 Å². The lowest BCUT2D eigenvalue weighted by Gasteiger charge is -2.16. The summed E-state index contributed by atoms with van der Waals surface area (Å²) < 4.78 is 24.9. The second kappa shape index (κ2) is 9.78. The van der Waals surface area contributed by atoms with Crippen molar-refractivity contribution in [3.8, 4) is 22.2 Å². The zero-order valence-corrected chi connectivity index (χ0v) is 21.9. The molecule has 4 rings (SSSR count). The SMILES string of the molecule is COC(=O)c1sc(-n2cnc3cc(OC)c(OC)cc32)cc1OC(C)c1cc(I)ccc1Cl. The van der Waals surface area contributed by atoms with Crippen LogP contribution < -0.4 is 14.2 Å². The van der Waals surface area contributed by atoms with Crippen LogP contribution in [0.3, 0.4) is 0 Å². The van der Waals surface area contributed by atoms with Gasteiger partial charge in [-0.05, 0) is 47.7 Å². The van der Waals surface area contributed by atoms with Crippen molar-refractivity contribution < 1.29 is 23.7 Å². The minimum Gasteiger partial charge on any atom is -0.493 e. The first-order valence-electron chi connectivity index (χ1n) is 9.79. The van der Waals surface area contributed by atoms with E-state index >= 15 is 0 Å². The molecule has 0 radical (unpaired) electrons. The lowest BCUT2D eigenvalue weighted by Crippen LogP contribution is -2.07. The molecule has 0 aliphatic carbocycles. The number of nitrogens with zero attached hydrogens (tertiary/aromatic N) is 2. The first-order valence-corrected chi connectivity index (χ1v) is 12.1. The fourth-order valence-corrected chi connectivity index (χ4v) is 5.17. The zero-order chi connectivity index (χ0) is 23.7. The van der Waals surface area contributed by atoms with Gasteiger partial charge < -0.3 is 18.9 Å². The van der Waals surface area contributed by atoms with Gasteiger partial charge in [-0.3, -0.25) is 4.57 Å². The fourth-order valence-electron chi connectivity index (χ4n) is 3.39. The first-order chi connectivity index (χ1) is 15.9. The van der Waals surface area contributed by atoms with Crippen molar-refractivity contribution in [2.45, 2.75) is 13.0 Å². The molecule has 0 saturated heterocycles. The number of rotatable bonds is 7. The van der Waals surface area contributed by atoms with Crippen LogP contribution >= 0.6 is 45.5 Å². The van der Waals surface area contributed by atoms with Crippen molar-refractivity contribution in [3.05, 3.63) is 61.8 Å². The van der Waals surface area contributed by atoms with Gasteiger partial charge in [0, 0.05) is 32.4 Å². The third-order valence-electron chi connectivity index (χ3n) is 5.05. The number of methoxy groups -OCH3 is 3. The van der Waals surface area contributed by atoms with E-state index in [-0.39, 0.29) is 6.10 Å². The number of benzene rings is 2. The highest BCUT2D eigenvalue weighted by Crippen LogP contribution is 2.39. The summed E-state index contributed by atoms with van der Waals surface area (Å²) in [5.41, 5.74) is 2.35. The van der Waals surface area contributed by atoms with Crippen LogP contribution in [-0.2, 0) is 4.74 Å². The molecule has 0 spiro atoms. The van der Waals surface area contributed by atoms with Gasteiger partial charge >= 0.3 is 5.97 Å². The summed E-state index contributed by atoms with van der Waals surface area (Å²) in [6.45, 7) is 1.89. The molecule has 0 amide bonds. The molecule has 10 heteroatoms. The molecule has 0 aliphatic heterocycles. The van der Waals surface area contributed by atoms with Crippen LogP contribution in [0.25, 0.3) is 16.0 Å². The van der Waals surface area contributed by atoms with E-state index in [1.54, 1.807) is 32.7 Å². The number of halogens is 2. The fraction of sp³-hybridized carbons (Fsp3) is 0.217. The number of esters is 1. The van der Waals surface area contributed by atoms with Gasteiger partial charge in [-0.25, -0.2) is 9.78 Å². The Labute approximate surface area is 213 Å². The molecule has 172 valence electrons. The Balaban J connectivity index is 1.77. The molecule has 1 atom stereocenters. The summed E-state index contributed by atoms with van der Waals surface area (Å²) in [6, 6.07) is 11.2. The standard InChI is InChI=1S/C23H20ClIN2O5S/c1-12(14-7-13(25)5-6-15(14)24)32-20-10-21(33-22(20)23(28)31-4)27-11-26-16-8-18(29-2)19(30-3)9-17(16)27/h5-12H,1-4H3. The van der Waals surface area contributed by atoms with Gasteiger partial charge in [0.1, 0.15) is 23.2 Å². The van der Waals surface area contributed by atoms with Crippen molar-refractivity contribution in [1.82, 2.24) is 9.55 Å². The van der Waals surface area contributed by atoms with E-state index in [9.17, 15) is 4.79 Å². The Morgan fingerprint density at radius 2 is 1.82 bits per heavy atom. The van der Waals surface area contributed by atoms with E-state index in [0.29, 0.717) is 27.1 Å². The zero-order valence-electron chi connectivity index (χ0n) is 18.2. The highest BCUT2D eigenvalue weighted by Gasteiger charge is 2.23. The lowest BCUT2D eigenvalue weighted by atomic mass is 10.1. The third kappa shape index (κ3) is 4.62. The number of hydrogen-bond donors (Lipinski definition) is 0. The molecule has 1 unspecified atom stereocenters. The van der Waals surface area contributed by atoms with Gasteiger partial charge in [0.25, 0.3) is 0 Å². The van der Waals surface area contributed by atoms with E-state index in [0.717, 1.165) is 25.2 Å². The highest BCUT2D eigenvalue weighted by atomic mass is 127. The normalized spacial score (nSPS) is 11.9. The molecule has 0 fully saturated rings. The molecule has 0 aliphatic rings.